The minimum absolute atomic E-state index is 0.0498. The van der Waals surface area contributed by atoms with Crippen LogP contribution in [0.2, 0.25) is 5.02 Å². The highest BCUT2D eigenvalue weighted by molar-refractivity contribution is 6.31. The fraction of sp³-hybridized carbons (Fsp3) is 0.263. The molecule has 0 bridgehead atoms. The number of carbonyl (C=O) groups is 2. The third-order valence-corrected chi connectivity index (χ3v) is 3.91. The predicted octanol–water partition coefficient (Wildman–Crippen LogP) is 4.27. The lowest BCUT2D eigenvalue weighted by molar-refractivity contribution is -0.147. The molecule has 0 aliphatic carbocycles. The molecule has 8 heteroatoms. The molecule has 0 unspecified atom stereocenters. The molecular formula is C19H18ClF2NO4. The maximum atomic E-state index is 13.4. The molecular weight excluding hydrogens is 380 g/mol. The molecule has 0 aliphatic rings. The van der Waals surface area contributed by atoms with Crippen LogP contribution in [0.25, 0.3) is 0 Å². The van der Waals surface area contributed by atoms with Gasteiger partial charge < -0.3 is 14.8 Å². The maximum Gasteiger partial charge on any atom is 0.306 e. The van der Waals surface area contributed by atoms with E-state index in [9.17, 15) is 18.4 Å². The highest BCUT2D eigenvalue weighted by atomic mass is 35.5. The predicted molar refractivity (Wildman–Crippen MR) is 96.9 cm³/mol. The molecule has 0 saturated carbocycles. The average molecular weight is 398 g/mol. The van der Waals surface area contributed by atoms with Crippen LogP contribution in [0.3, 0.4) is 0 Å². The van der Waals surface area contributed by atoms with Crippen LogP contribution in [0.1, 0.15) is 18.4 Å². The van der Waals surface area contributed by atoms with Gasteiger partial charge in [-0.25, -0.2) is 8.78 Å². The number of carbonyl (C=O) groups excluding carboxylic acids is 2. The molecule has 0 saturated heterocycles. The molecule has 2 rings (SSSR count). The van der Waals surface area contributed by atoms with Crippen molar-refractivity contribution in [1.29, 1.82) is 0 Å². The molecule has 144 valence electrons. The maximum absolute atomic E-state index is 13.4. The molecule has 1 N–H and O–H groups in total. The van der Waals surface area contributed by atoms with Crippen molar-refractivity contribution in [2.45, 2.75) is 19.8 Å². The third-order valence-electron chi connectivity index (χ3n) is 3.49. The van der Waals surface area contributed by atoms with Crippen molar-refractivity contribution in [3.05, 3.63) is 58.6 Å². The Balaban J connectivity index is 1.66. The van der Waals surface area contributed by atoms with Crippen molar-refractivity contribution in [3.8, 4) is 5.75 Å². The number of nitrogens with one attached hydrogen (secondary N) is 1. The number of hydrogen-bond donors (Lipinski definition) is 1. The van der Waals surface area contributed by atoms with E-state index in [0.717, 1.165) is 23.8 Å². The van der Waals surface area contributed by atoms with Gasteiger partial charge in [-0.1, -0.05) is 11.6 Å². The zero-order valence-electron chi connectivity index (χ0n) is 14.6. The fourth-order valence-electron chi connectivity index (χ4n) is 2.11. The van der Waals surface area contributed by atoms with Gasteiger partial charge in [-0.2, -0.15) is 0 Å². The second kappa shape index (κ2) is 9.87. The molecule has 0 radical (unpaired) electrons. The van der Waals surface area contributed by atoms with E-state index in [4.69, 9.17) is 21.1 Å². The fourth-order valence-corrected chi connectivity index (χ4v) is 2.23. The molecule has 27 heavy (non-hydrogen) atoms. The van der Waals surface area contributed by atoms with Gasteiger partial charge in [0.2, 0.25) is 0 Å². The Bertz CT molecular complexity index is 829. The van der Waals surface area contributed by atoms with Gasteiger partial charge >= 0.3 is 5.97 Å². The lowest BCUT2D eigenvalue weighted by Gasteiger charge is -2.09. The SMILES string of the molecule is Cc1cc(OCCCC(=O)OCC(=O)Nc2cc(F)ccc2F)ccc1Cl. The van der Waals surface area contributed by atoms with Crippen molar-refractivity contribution in [1.82, 2.24) is 0 Å². The lowest BCUT2D eigenvalue weighted by Crippen LogP contribution is -2.21. The number of ether oxygens (including phenoxy) is 2. The number of aryl methyl sites for hydroxylation is 1. The number of benzene rings is 2. The molecule has 2 aromatic carbocycles. The molecule has 0 heterocycles. The number of amides is 1. The number of anilines is 1. The van der Waals surface area contributed by atoms with Crippen molar-refractivity contribution in [2.75, 3.05) is 18.5 Å². The van der Waals surface area contributed by atoms with Crippen LogP contribution < -0.4 is 10.1 Å². The molecule has 0 atom stereocenters. The van der Waals surface area contributed by atoms with Crippen LogP contribution >= 0.6 is 11.6 Å². The monoisotopic (exact) mass is 397 g/mol. The zero-order valence-corrected chi connectivity index (χ0v) is 15.3. The Morgan fingerprint density at radius 3 is 2.67 bits per heavy atom. The van der Waals surface area contributed by atoms with Crippen LogP contribution in [-0.4, -0.2) is 25.1 Å². The Hall–Kier alpha value is -2.67. The van der Waals surface area contributed by atoms with Crippen LogP contribution in [0, 0.1) is 18.6 Å². The quantitative estimate of drug-likeness (QED) is 0.533. The van der Waals surface area contributed by atoms with Gasteiger partial charge in [-0.3, -0.25) is 9.59 Å². The average Bonchev–Trinajstić information content (AvgIpc) is 2.63. The van der Waals surface area contributed by atoms with Gasteiger partial charge in [-0.05, 0) is 49.2 Å². The summed E-state index contributed by atoms with van der Waals surface area (Å²) < 4.78 is 36.7. The van der Waals surface area contributed by atoms with E-state index in [1.54, 1.807) is 18.2 Å². The summed E-state index contributed by atoms with van der Waals surface area (Å²) in [6.07, 6.45) is 0.439. The van der Waals surface area contributed by atoms with E-state index in [1.807, 2.05) is 6.92 Å². The van der Waals surface area contributed by atoms with Crippen LogP contribution in [0.4, 0.5) is 14.5 Å². The first kappa shape index (κ1) is 20.6. The summed E-state index contributed by atoms with van der Waals surface area (Å²) in [6.45, 7) is 1.55. The van der Waals surface area contributed by atoms with E-state index >= 15 is 0 Å². The van der Waals surface area contributed by atoms with Gasteiger partial charge in [0.1, 0.15) is 17.4 Å². The van der Waals surface area contributed by atoms with Gasteiger partial charge in [0.15, 0.2) is 6.61 Å². The van der Waals surface area contributed by atoms with Crippen molar-refractivity contribution in [3.63, 3.8) is 0 Å². The number of hydrogen-bond acceptors (Lipinski definition) is 4. The normalized spacial score (nSPS) is 10.4. The van der Waals surface area contributed by atoms with Gasteiger partial charge in [0.05, 0.1) is 12.3 Å². The van der Waals surface area contributed by atoms with Crippen LogP contribution in [0.15, 0.2) is 36.4 Å². The van der Waals surface area contributed by atoms with E-state index in [-0.39, 0.29) is 18.7 Å². The summed E-state index contributed by atoms with van der Waals surface area (Å²) in [5, 5.41) is 2.78. The van der Waals surface area contributed by atoms with Crippen LogP contribution in [-0.2, 0) is 14.3 Å². The minimum atomic E-state index is -0.786. The van der Waals surface area contributed by atoms with E-state index in [0.29, 0.717) is 17.2 Å². The van der Waals surface area contributed by atoms with Gasteiger partial charge in [0, 0.05) is 17.5 Å². The largest absolute Gasteiger partial charge is 0.494 e. The first-order chi connectivity index (χ1) is 12.8. The number of rotatable bonds is 8. The first-order valence-corrected chi connectivity index (χ1v) is 8.52. The third kappa shape index (κ3) is 6.86. The standard InChI is InChI=1S/C19H18ClF2NO4/c1-12-9-14(5-6-15(12)20)26-8-2-3-19(25)27-11-18(24)23-17-10-13(21)4-7-16(17)22/h4-7,9-10H,2-3,8,11H2,1H3,(H,23,24). The molecule has 5 nitrogen and oxygen atoms in total. The van der Waals surface area contributed by atoms with Crippen molar-refractivity contribution >= 4 is 29.2 Å². The van der Waals surface area contributed by atoms with Gasteiger partial charge in [-0.15, -0.1) is 0 Å². The minimum Gasteiger partial charge on any atom is -0.494 e. The van der Waals surface area contributed by atoms with Gasteiger partial charge in [0.25, 0.3) is 5.91 Å². The summed E-state index contributed by atoms with van der Waals surface area (Å²) >= 11 is 5.92. The summed E-state index contributed by atoms with van der Waals surface area (Å²) in [7, 11) is 0. The lowest BCUT2D eigenvalue weighted by atomic mass is 10.2. The second-order valence-corrected chi connectivity index (χ2v) is 6.10. The summed E-state index contributed by atoms with van der Waals surface area (Å²) in [4.78, 5) is 23.3. The number of halogens is 3. The molecule has 0 aliphatic heterocycles. The first-order valence-electron chi connectivity index (χ1n) is 8.14. The number of esters is 1. The Kier molecular flexibility index (Phi) is 7.55. The molecule has 0 spiro atoms. The molecule has 0 fully saturated rings. The molecule has 1 amide bonds. The Morgan fingerprint density at radius 2 is 1.93 bits per heavy atom. The topological polar surface area (TPSA) is 64.6 Å². The highest BCUT2D eigenvalue weighted by Gasteiger charge is 2.11. The Labute approximate surface area is 160 Å². The van der Waals surface area contributed by atoms with Crippen molar-refractivity contribution in [2.24, 2.45) is 0 Å². The summed E-state index contributed by atoms with van der Waals surface area (Å²) in [6, 6.07) is 7.89. The van der Waals surface area contributed by atoms with E-state index in [2.05, 4.69) is 5.32 Å². The summed E-state index contributed by atoms with van der Waals surface area (Å²) in [5.41, 5.74) is 0.567. The smallest absolute Gasteiger partial charge is 0.306 e. The van der Waals surface area contributed by atoms with Crippen LogP contribution in [0.5, 0.6) is 5.75 Å². The second-order valence-electron chi connectivity index (χ2n) is 5.70. The molecule has 0 aromatic heterocycles. The Morgan fingerprint density at radius 1 is 1.15 bits per heavy atom. The zero-order chi connectivity index (χ0) is 19.8. The molecule has 2 aromatic rings. The van der Waals surface area contributed by atoms with E-state index < -0.39 is 30.1 Å². The summed E-state index contributed by atoms with van der Waals surface area (Å²) in [5.74, 6) is -2.20. The van der Waals surface area contributed by atoms with E-state index in [1.165, 1.54) is 0 Å². The highest BCUT2D eigenvalue weighted by Crippen LogP contribution is 2.21. The van der Waals surface area contributed by atoms with Crippen molar-refractivity contribution < 1.29 is 27.8 Å².